The number of H-pyrrole nitrogens is 1. The van der Waals surface area contributed by atoms with E-state index in [9.17, 15) is 9.59 Å². The monoisotopic (exact) mass is 262 g/mol. The summed E-state index contributed by atoms with van der Waals surface area (Å²) in [5.41, 5.74) is 0.141. The highest BCUT2D eigenvalue weighted by Gasteiger charge is 2.13. The lowest BCUT2D eigenvalue weighted by atomic mass is 10.3. The summed E-state index contributed by atoms with van der Waals surface area (Å²) >= 11 is 0. The molecule has 7 heteroatoms. The molecular weight excluding hydrogens is 248 g/mol. The third kappa shape index (κ3) is 3.08. The van der Waals surface area contributed by atoms with Gasteiger partial charge in [-0.05, 0) is 12.1 Å². The van der Waals surface area contributed by atoms with Crippen molar-refractivity contribution in [3.8, 4) is 5.69 Å². The maximum Gasteiger partial charge on any atom is 0.348 e. The Balaban J connectivity index is 2.17. The molecule has 2 N–H and O–H groups in total. The van der Waals surface area contributed by atoms with Gasteiger partial charge in [0.1, 0.15) is 0 Å². The van der Waals surface area contributed by atoms with E-state index in [-0.39, 0.29) is 5.82 Å². The number of aromatic amines is 1. The van der Waals surface area contributed by atoms with E-state index in [1.54, 1.807) is 24.3 Å². The molecule has 7 nitrogen and oxygen atoms in total. The molecule has 0 aliphatic rings. The number of para-hydroxylation sites is 1. The van der Waals surface area contributed by atoms with Gasteiger partial charge in [-0.3, -0.25) is 9.78 Å². The molecular formula is C12H14N4O3. The number of hydrogen-bond donors (Lipinski definition) is 2. The van der Waals surface area contributed by atoms with Gasteiger partial charge in [0.25, 0.3) is 5.91 Å². The lowest BCUT2D eigenvalue weighted by Gasteiger charge is -2.00. The topological polar surface area (TPSA) is 89.0 Å². The number of rotatable bonds is 5. The number of carbonyl (C=O) groups is 1. The van der Waals surface area contributed by atoms with Crippen LogP contribution in [0, 0.1) is 0 Å². The molecule has 0 saturated carbocycles. The van der Waals surface area contributed by atoms with Crippen LogP contribution in [0.4, 0.5) is 0 Å². The second kappa shape index (κ2) is 5.96. The van der Waals surface area contributed by atoms with Gasteiger partial charge >= 0.3 is 5.69 Å². The lowest BCUT2D eigenvalue weighted by Crippen LogP contribution is -2.28. The first-order valence-electron chi connectivity index (χ1n) is 5.74. The molecule has 19 heavy (non-hydrogen) atoms. The number of methoxy groups -OCH3 is 1. The Kier molecular flexibility index (Phi) is 4.09. The van der Waals surface area contributed by atoms with Crippen LogP contribution in [0.3, 0.4) is 0 Å². The minimum atomic E-state index is -0.455. The summed E-state index contributed by atoms with van der Waals surface area (Å²) in [5.74, 6) is -0.464. The van der Waals surface area contributed by atoms with Crippen LogP contribution in [-0.2, 0) is 4.74 Å². The van der Waals surface area contributed by atoms with Crippen LogP contribution in [0.25, 0.3) is 5.69 Å². The third-order valence-corrected chi connectivity index (χ3v) is 2.43. The van der Waals surface area contributed by atoms with Crippen molar-refractivity contribution in [1.29, 1.82) is 0 Å². The quantitative estimate of drug-likeness (QED) is 0.739. The number of aromatic nitrogens is 3. The summed E-state index contributed by atoms with van der Waals surface area (Å²) in [6.45, 7) is 0.755. The Morgan fingerprint density at radius 1 is 1.42 bits per heavy atom. The molecule has 1 aromatic heterocycles. The normalized spacial score (nSPS) is 10.4. The summed E-state index contributed by atoms with van der Waals surface area (Å²) in [5, 5.41) is 6.54. The van der Waals surface area contributed by atoms with Crippen LogP contribution >= 0.6 is 0 Å². The zero-order valence-corrected chi connectivity index (χ0v) is 10.4. The number of hydrogen-bond acceptors (Lipinski definition) is 4. The van der Waals surface area contributed by atoms with Crippen molar-refractivity contribution in [2.45, 2.75) is 0 Å². The van der Waals surface area contributed by atoms with Crippen molar-refractivity contribution in [3.63, 3.8) is 0 Å². The summed E-state index contributed by atoms with van der Waals surface area (Å²) < 4.78 is 5.96. The van der Waals surface area contributed by atoms with Crippen LogP contribution < -0.4 is 11.0 Å². The van der Waals surface area contributed by atoms with Gasteiger partial charge < -0.3 is 10.1 Å². The van der Waals surface area contributed by atoms with Crippen LogP contribution in [0.5, 0.6) is 0 Å². The lowest BCUT2D eigenvalue weighted by molar-refractivity contribution is 0.0927. The maximum absolute atomic E-state index is 11.7. The molecule has 2 rings (SSSR count). The molecule has 1 amide bonds. The molecule has 0 unspecified atom stereocenters. The van der Waals surface area contributed by atoms with E-state index in [1.807, 2.05) is 6.07 Å². The first-order valence-corrected chi connectivity index (χ1v) is 5.74. The van der Waals surface area contributed by atoms with Crippen LogP contribution in [0.2, 0.25) is 0 Å². The Labute approximate surface area is 109 Å². The van der Waals surface area contributed by atoms with Crippen LogP contribution in [-0.4, -0.2) is 40.9 Å². The van der Waals surface area contributed by atoms with Gasteiger partial charge in [-0.1, -0.05) is 18.2 Å². The Hall–Kier alpha value is -2.41. The predicted molar refractivity (Wildman–Crippen MR) is 68.4 cm³/mol. The van der Waals surface area contributed by atoms with Crippen molar-refractivity contribution in [3.05, 3.63) is 46.6 Å². The summed E-state index contributed by atoms with van der Waals surface area (Å²) in [6.07, 6.45) is 0. The number of carbonyl (C=O) groups excluding carboxylic acids is 1. The van der Waals surface area contributed by atoms with Crippen molar-refractivity contribution in [2.24, 2.45) is 0 Å². The highest BCUT2D eigenvalue weighted by molar-refractivity contribution is 5.90. The summed E-state index contributed by atoms with van der Waals surface area (Å²) in [4.78, 5) is 25.8. The van der Waals surface area contributed by atoms with Gasteiger partial charge in [-0.2, -0.15) is 4.68 Å². The van der Waals surface area contributed by atoms with E-state index >= 15 is 0 Å². The van der Waals surface area contributed by atoms with Gasteiger partial charge in [0.2, 0.25) is 5.82 Å². The van der Waals surface area contributed by atoms with E-state index < -0.39 is 11.6 Å². The average molecular weight is 262 g/mol. The van der Waals surface area contributed by atoms with Crippen molar-refractivity contribution < 1.29 is 9.53 Å². The first kappa shape index (κ1) is 13.0. The van der Waals surface area contributed by atoms with E-state index in [0.29, 0.717) is 18.8 Å². The van der Waals surface area contributed by atoms with E-state index in [4.69, 9.17) is 4.74 Å². The van der Waals surface area contributed by atoms with Crippen LogP contribution in [0.1, 0.15) is 10.6 Å². The van der Waals surface area contributed by atoms with Crippen molar-refractivity contribution >= 4 is 5.91 Å². The molecule has 2 aromatic rings. The molecule has 1 heterocycles. The van der Waals surface area contributed by atoms with Crippen molar-refractivity contribution in [2.75, 3.05) is 20.3 Å². The zero-order chi connectivity index (χ0) is 13.7. The molecule has 0 atom stereocenters. The molecule has 0 spiro atoms. The van der Waals surface area contributed by atoms with E-state index in [1.165, 1.54) is 7.11 Å². The fourth-order valence-electron chi connectivity index (χ4n) is 1.52. The average Bonchev–Trinajstić information content (AvgIpc) is 2.82. The van der Waals surface area contributed by atoms with E-state index in [2.05, 4.69) is 15.4 Å². The van der Waals surface area contributed by atoms with Gasteiger partial charge in [-0.15, -0.1) is 5.10 Å². The van der Waals surface area contributed by atoms with E-state index in [0.717, 1.165) is 4.68 Å². The molecule has 100 valence electrons. The van der Waals surface area contributed by atoms with Gasteiger partial charge in [-0.25, -0.2) is 4.79 Å². The minimum absolute atomic E-state index is 0.0232. The zero-order valence-electron chi connectivity index (χ0n) is 10.4. The van der Waals surface area contributed by atoms with Crippen LogP contribution in [0.15, 0.2) is 35.1 Å². The third-order valence-electron chi connectivity index (χ3n) is 2.43. The number of amides is 1. The fraction of sp³-hybridized carbons (Fsp3) is 0.250. The summed E-state index contributed by atoms with van der Waals surface area (Å²) in [7, 11) is 1.54. The summed E-state index contributed by atoms with van der Waals surface area (Å²) in [6, 6.07) is 8.87. The molecule has 0 aliphatic carbocycles. The largest absolute Gasteiger partial charge is 0.383 e. The second-order valence-electron chi connectivity index (χ2n) is 3.77. The molecule has 0 fully saturated rings. The number of ether oxygens (including phenoxy) is 1. The van der Waals surface area contributed by atoms with Gasteiger partial charge in [0.15, 0.2) is 0 Å². The van der Waals surface area contributed by atoms with Gasteiger partial charge in [0, 0.05) is 13.7 Å². The fourth-order valence-corrected chi connectivity index (χ4v) is 1.52. The molecule has 0 radical (unpaired) electrons. The predicted octanol–water partition coefficient (Wildman–Crippen LogP) is -0.0632. The van der Waals surface area contributed by atoms with Crippen molar-refractivity contribution in [1.82, 2.24) is 20.1 Å². The highest BCUT2D eigenvalue weighted by Crippen LogP contribution is 2.01. The van der Waals surface area contributed by atoms with Gasteiger partial charge in [0.05, 0.1) is 12.3 Å². The standard InChI is InChI=1S/C12H14N4O3/c1-19-8-7-13-11(17)10-14-12(18)16(15-10)9-5-3-2-4-6-9/h2-6H,7-8H2,1H3,(H,13,17)(H,14,15,18). The highest BCUT2D eigenvalue weighted by atomic mass is 16.5. The first-order chi connectivity index (χ1) is 9.22. The Morgan fingerprint density at radius 3 is 2.84 bits per heavy atom. The molecule has 0 aliphatic heterocycles. The Morgan fingerprint density at radius 2 is 2.16 bits per heavy atom. The Bertz CT molecular complexity index is 603. The minimum Gasteiger partial charge on any atom is -0.383 e. The second-order valence-corrected chi connectivity index (χ2v) is 3.77. The number of benzene rings is 1. The molecule has 1 aromatic carbocycles. The SMILES string of the molecule is COCCNC(=O)c1nn(-c2ccccc2)c(=O)[nH]1. The maximum atomic E-state index is 11.7. The smallest absolute Gasteiger partial charge is 0.348 e. The number of nitrogens with one attached hydrogen (secondary N) is 2. The molecule has 0 saturated heterocycles. The molecule has 0 bridgehead atoms. The number of nitrogens with zero attached hydrogens (tertiary/aromatic N) is 2.